The summed E-state index contributed by atoms with van der Waals surface area (Å²) in [6.07, 6.45) is 17.0. The molecule has 0 aliphatic heterocycles. The van der Waals surface area contributed by atoms with Gasteiger partial charge >= 0.3 is 8.03 Å². The SMILES string of the molecule is O=[P+]([O-])C1CCC=CC=C1C1=CC=CCCC1. The predicted molar refractivity (Wildman–Crippen MR) is 68.9 cm³/mol. The summed E-state index contributed by atoms with van der Waals surface area (Å²) in [6, 6.07) is 0. The van der Waals surface area contributed by atoms with E-state index in [4.69, 9.17) is 0 Å². The molecule has 90 valence electrons. The highest BCUT2D eigenvalue weighted by atomic mass is 31.1. The van der Waals surface area contributed by atoms with Gasteiger partial charge in [-0.15, -0.1) is 0 Å². The van der Waals surface area contributed by atoms with E-state index in [0.717, 1.165) is 31.3 Å². The molecule has 0 saturated heterocycles. The van der Waals surface area contributed by atoms with Gasteiger partial charge in [-0.1, -0.05) is 41.0 Å². The van der Waals surface area contributed by atoms with Crippen LogP contribution in [-0.4, -0.2) is 5.66 Å². The van der Waals surface area contributed by atoms with E-state index in [9.17, 15) is 9.46 Å². The molecule has 3 heteroatoms. The minimum absolute atomic E-state index is 0.308. The Morgan fingerprint density at radius 2 is 1.94 bits per heavy atom. The van der Waals surface area contributed by atoms with E-state index >= 15 is 0 Å². The lowest BCUT2D eigenvalue weighted by molar-refractivity contribution is -0.165. The van der Waals surface area contributed by atoms with Crippen molar-refractivity contribution in [3.63, 3.8) is 0 Å². The Labute approximate surface area is 103 Å². The van der Waals surface area contributed by atoms with Gasteiger partial charge in [-0.05, 0) is 31.3 Å². The Kier molecular flexibility index (Phi) is 4.47. The van der Waals surface area contributed by atoms with Crippen LogP contribution in [0.5, 0.6) is 0 Å². The molecule has 2 rings (SSSR count). The molecule has 2 aliphatic rings. The van der Waals surface area contributed by atoms with Crippen LogP contribution in [0.3, 0.4) is 0 Å². The summed E-state index contributed by atoms with van der Waals surface area (Å²) in [5.74, 6) is 0. The van der Waals surface area contributed by atoms with Crippen molar-refractivity contribution in [2.45, 2.75) is 37.8 Å². The van der Waals surface area contributed by atoms with Crippen molar-refractivity contribution in [2.24, 2.45) is 0 Å². The molecule has 0 amide bonds. The van der Waals surface area contributed by atoms with Crippen LogP contribution < -0.4 is 4.89 Å². The maximum absolute atomic E-state index is 11.4. The highest BCUT2D eigenvalue weighted by Gasteiger charge is 2.28. The molecule has 2 atom stereocenters. The second-order valence-electron chi connectivity index (χ2n) is 4.44. The predicted octanol–water partition coefficient (Wildman–Crippen LogP) is 3.40. The maximum Gasteiger partial charge on any atom is 0.316 e. The third kappa shape index (κ3) is 3.24. The molecular weight excluding hydrogens is 231 g/mol. The molecule has 0 aromatic rings. The van der Waals surface area contributed by atoms with Crippen molar-refractivity contribution in [2.75, 3.05) is 0 Å². The summed E-state index contributed by atoms with van der Waals surface area (Å²) in [6.45, 7) is 0. The Bertz CT molecular complexity index is 416. The second kappa shape index (κ2) is 6.09. The van der Waals surface area contributed by atoms with Crippen molar-refractivity contribution in [1.82, 2.24) is 0 Å². The van der Waals surface area contributed by atoms with Crippen LogP contribution in [0, 0.1) is 0 Å². The highest BCUT2D eigenvalue weighted by Crippen LogP contribution is 2.37. The summed E-state index contributed by atoms with van der Waals surface area (Å²) in [7, 11) is -2.38. The quantitative estimate of drug-likeness (QED) is 0.702. The number of hydrogen-bond donors (Lipinski definition) is 0. The van der Waals surface area contributed by atoms with Gasteiger partial charge in [0.05, 0.1) is 0 Å². The normalized spacial score (nSPS) is 25.7. The van der Waals surface area contributed by atoms with Crippen LogP contribution in [0.25, 0.3) is 0 Å². The summed E-state index contributed by atoms with van der Waals surface area (Å²) in [5.41, 5.74) is 1.88. The Hall–Kier alpha value is -0.980. The molecule has 0 aromatic carbocycles. The van der Waals surface area contributed by atoms with Gasteiger partial charge in [-0.3, -0.25) is 0 Å². The first-order valence-electron chi connectivity index (χ1n) is 6.15. The van der Waals surface area contributed by atoms with E-state index in [1.807, 2.05) is 24.3 Å². The smallest absolute Gasteiger partial charge is 0.316 e. The molecule has 17 heavy (non-hydrogen) atoms. The van der Waals surface area contributed by atoms with Gasteiger partial charge in [-0.25, -0.2) is 0 Å². The minimum atomic E-state index is -2.38. The van der Waals surface area contributed by atoms with Gasteiger partial charge in [0, 0.05) is 12.0 Å². The average Bonchev–Trinajstić information content (AvgIpc) is 2.71. The fraction of sp³-hybridized carbons (Fsp3) is 0.429. The average molecular weight is 248 g/mol. The monoisotopic (exact) mass is 248 g/mol. The van der Waals surface area contributed by atoms with E-state index in [1.165, 1.54) is 5.57 Å². The third-order valence-corrected chi connectivity index (χ3v) is 4.30. The molecule has 0 heterocycles. The van der Waals surface area contributed by atoms with E-state index < -0.39 is 8.03 Å². The molecular formula is C14H17O2P. The molecule has 2 nitrogen and oxygen atoms in total. The zero-order valence-electron chi connectivity index (χ0n) is 9.84. The summed E-state index contributed by atoms with van der Waals surface area (Å²) in [5, 5.41) is 0. The summed E-state index contributed by atoms with van der Waals surface area (Å²) < 4.78 is 11.4. The van der Waals surface area contributed by atoms with Crippen molar-refractivity contribution in [3.05, 3.63) is 47.6 Å². The van der Waals surface area contributed by atoms with Gasteiger partial charge in [0.15, 0.2) is 5.66 Å². The molecule has 0 radical (unpaired) electrons. The van der Waals surface area contributed by atoms with Crippen LogP contribution >= 0.6 is 8.03 Å². The molecule has 0 bridgehead atoms. The number of allylic oxidation sites excluding steroid dienone is 8. The lowest BCUT2D eigenvalue weighted by atomic mass is 9.96. The molecule has 0 aromatic heterocycles. The van der Waals surface area contributed by atoms with E-state index in [0.29, 0.717) is 6.42 Å². The van der Waals surface area contributed by atoms with Crippen LogP contribution in [-0.2, 0) is 4.57 Å². The Morgan fingerprint density at radius 3 is 2.76 bits per heavy atom. The second-order valence-corrected chi connectivity index (χ2v) is 5.64. The zero-order valence-corrected chi connectivity index (χ0v) is 10.7. The summed E-state index contributed by atoms with van der Waals surface area (Å²) >= 11 is 0. The van der Waals surface area contributed by atoms with Crippen LogP contribution in [0.1, 0.15) is 32.1 Å². The third-order valence-electron chi connectivity index (χ3n) is 3.25. The van der Waals surface area contributed by atoms with Crippen molar-refractivity contribution < 1.29 is 9.46 Å². The van der Waals surface area contributed by atoms with E-state index in [-0.39, 0.29) is 5.66 Å². The largest absolute Gasteiger partial charge is 0.595 e. The van der Waals surface area contributed by atoms with Crippen LogP contribution in [0.2, 0.25) is 0 Å². The zero-order chi connectivity index (χ0) is 12.1. The maximum atomic E-state index is 11.4. The number of hydrogen-bond acceptors (Lipinski definition) is 2. The van der Waals surface area contributed by atoms with Gasteiger partial charge in [0.2, 0.25) is 0 Å². The van der Waals surface area contributed by atoms with Crippen molar-refractivity contribution in [3.8, 4) is 0 Å². The minimum Gasteiger partial charge on any atom is -0.595 e. The first kappa shape index (κ1) is 12.5. The molecule has 0 saturated carbocycles. The number of rotatable bonds is 2. The fourth-order valence-corrected chi connectivity index (χ4v) is 3.18. The van der Waals surface area contributed by atoms with Crippen molar-refractivity contribution >= 4 is 8.03 Å². The topological polar surface area (TPSA) is 40.1 Å². The molecule has 0 spiro atoms. The summed E-state index contributed by atoms with van der Waals surface area (Å²) in [4.78, 5) is 11.4. The molecule has 0 fully saturated rings. The van der Waals surface area contributed by atoms with Crippen LogP contribution in [0.4, 0.5) is 0 Å². The lowest BCUT2D eigenvalue weighted by Crippen LogP contribution is -2.13. The lowest BCUT2D eigenvalue weighted by Gasteiger charge is -2.14. The first-order valence-corrected chi connectivity index (χ1v) is 7.40. The van der Waals surface area contributed by atoms with Crippen molar-refractivity contribution in [1.29, 1.82) is 0 Å². The van der Waals surface area contributed by atoms with E-state index in [1.54, 1.807) is 0 Å². The Morgan fingerprint density at radius 1 is 1.18 bits per heavy atom. The van der Waals surface area contributed by atoms with Gasteiger partial charge < -0.3 is 4.89 Å². The Balaban J connectivity index is 2.28. The van der Waals surface area contributed by atoms with E-state index in [2.05, 4.69) is 12.2 Å². The molecule has 2 aliphatic carbocycles. The van der Waals surface area contributed by atoms with Gasteiger partial charge in [0.1, 0.15) is 0 Å². The molecule has 0 N–H and O–H groups in total. The van der Waals surface area contributed by atoms with Gasteiger partial charge in [0.25, 0.3) is 0 Å². The standard InChI is InChI=1S/C14H17O2P/c15-17(16)14-11-7-3-6-10-13(14)12-8-4-1-2-5-9-12/h1,3-4,6,8,10,14H,2,5,7,9,11H2. The highest BCUT2D eigenvalue weighted by molar-refractivity contribution is 7.37. The molecule has 2 unspecified atom stereocenters. The first-order chi connectivity index (χ1) is 8.29. The van der Waals surface area contributed by atoms with Crippen LogP contribution in [0.15, 0.2) is 47.6 Å². The fourth-order valence-electron chi connectivity index (χ4n) is 2.34. The van der Waals surface area contributed by atoms with Gasteiger partial charge in [-0.2, -0.15) is 0 Å².